The number of hydrogen-bond acceptors (Lipinski definition) is 4. The van der Waals surface area contributed by atoms with Crippen LogP contribution in [0.1, 0.15) is 17.5 Å². The Labute approximate surface area is 135 Å². The Hall–Kier alpha value is -2.39. The van der Waals surface area contributed by atoms with Gasteiger partial charge in [0.25, 0.3) is 0 Å². The molecule has 0 bridgehead atoms. The topological polar surface area (TPSA) is 72.8 Å². The van der Waals surface area contributed by atoms with E-state index in [2.05, 4.69) is 27.0 Å². The van der Waals surface area contributed by atoms with Crippen LogP contribution >= 0.6 is 12.2 Å². The van der Waals surface area contributed by atoms with Gasteiger partial charge in [0.1, 0.15) is 11.9 Å². The molecule has 0 saturated heterocycles. The minimum atomic E-state index is 0.566. The second-order valence-corrected chi connectivity index (χ2v) is 5.39. The monoisotopic (exact) mass is 313 g/mol. The SMILES string of the molecule is CNC(=S)NCCCNc1nc2ccc(C)cc2cc1C#N. The van der Waals surface area contributed by atoms with Crippen LogP contribution in [0.2, 0.25) is 0 Å². The fourth-order valence-electron chi connectivity index (χ4n) is 2.10. The van der Waals surface area contributed by atoms with Gasteiger partial charge in [-0.1, -0.05) is 11.6 Å². The highest BCUT2D eigenvalue weighted by atomic mass is 32.1. The number of rotatable bonds is 5. The van der Waals surface area contributed by atoms with Gasteiger partial charge in [-0.3, -0.25) is 0 Å². The van der Waals surface area contributed by atoms with Crippen LogP contribution in [0.15, 0.2) is 24.3 Å². The molecule has 0 saturated carbocycles. The molecular weight excluding hydrogens is 294 g/mol. The number of nitrogens with one attached hydrogen (secondary N) is 3. The van der Waals surface area contributed by atoms with Gasteiger partial charge in [-0.15, -0.1) is 0 Å². The van der Waals surface area contributed by atoms with Gasteiger partial charge in [0.2, 0.25) is 0 Å². The van der Waals surface area contributed by atoms with E-state index in [9.17, 15) is 5.26 Å². The van der Waals surface area contributed by atoms with Crippen molar-refractivity contribution in [2.24, 2.45) is 0 Å². The van der Waals surface area contributed by atoms with Crippen LogP contribution in [0, 0.1) is 18.3 Å². The molecule has 0 spiro atoms. The number of benzene rings is 1. The maximum absolute atomic E-state index is 9.29. The molecule has 0 unspecified atom stereocenters. The first-order chi connectivity index (χ1) is 10.6. The fourth-order valence-corrected chi connectivity index (χ4v) is 2.20. The van der Waals surface area contributed by atoms with Crippen molar-refractivity contribution in [1.29, 1.82) is 5.26 Å². The number of aryl methyl sites for hydroxylation is 1. The molecule has 2 rings (SSSR count). The average molecular weight is 313 g/mol. The summed E-state index contributed by atoms with van der Waals surface area (Å²) in [5.41, 5.74) is 2.61. The summed E-state index contributed by atoms with van der Waals surface area (Å²) in [6.45, 7) is 3.51. The molecule has 0 aliphatic heterocycles. The Kier molecular flexibility index (Phi) is 5.50. The van der Waals surface area contributed by atoms with Crippen molar-refractivity contribution < 1.29 is 0 Å². The minimum absolute atomic E-state index is 0.566. The Morgan fingerprint density at radius 2 is 2.14 bits per heavy atom. The third-order valence-electron chi connectivity index (χ3n) is 3.25. The van der Waals surface area contributed by atoms with E-state index in [4.69, 9.17) is 12.2 Å². The molecule has 6 heteroatoms. The average Bonchev–Trinajstić information content (AvgIpc) is 2.53. The van der Waals surface area contributed by atoms with Crippen molar-refractivity contribution in [2.75, 3.05) is 25.5 Å². The normalized spacial score (nSPS) is 10.0. The summed E-state index contributed by atoms with van der Waals surface area (Å²) in [7, 11) is 1.79. The standard InChI is InChI=1S/C16H19N5S/c1-11-4-5-14-12(8-11)9-13(10-17)15(21-14)19-6-3-7-20-16(22)18-2/h4-5,8-9H,3,6-7H2,1-2H3,(H,19,21)(H2,18,20,22). The molecule has 3 N–H and O–H groups in total. The lowest BCUT2D eigenvalue weighted by molar-refractivity contribution is 0.794. The zero-order chi connectivity index (χ0) is 15.9. The van der Waals surface area contributed by atoms with Gasteiger partial charge in [0, 0.05) is 25.5 Å². The smallest absolute Gasteiger partial charge is 0.166 e. The van der Waals surface area contributed by atoms with Crippen molar-refractivity contribution in [1.82, 2.24) is 15.6 Å². The zero-order valence-electron chi connectivity index (χ0n) is 12.7. The van der Waals surface area contributed by atoms with E-state index in [0.717, 1.165) is 36.0 Å². The summed E-state index contributed by atoms with van der Waals surface area (Å²) >= 11 is 5.00. The Bertz CT molecular complexity index is 720. The molecule has 2 aromatic rings. The van der Waals surface area contributed by atoms with Crippen LogP contribution in [-0.2, 0) is 0 Å². The molecule has 22 heavy (non-hydrogen) atoms. The number of nitriles is 1. The fraction of sp³-hybridized carbons (Fsp3) is 0.312. The first-order valence-electron chi connectivity index (χ1n) is 7.15. The van der Waals surface area contributed by atoms with Crippen LogP contribution in [0.4, 0.5) is 5.82 Å². The van der Waals surface area contributed by atoms with Gasteiger partial charge in [-0.2, -0.15) is 5.26 Å². The second kappa shape index (κ2) is 7.57. The lowest BCUT2D eigenvalue weighted by Crippen LogP contribution is -2.33. The van der Waals surface area contributed by atoms with Crippen molar-refractivity contribution in [3.05, 3.63) is 35.4 Å². The number of nitrogens with zero attached hydrogens (tertiary/aromatic N) is 2. The number of fused-ring (bicyclic) bond motifs is 1. The highest BCUT2D eigenvalue weighted by Gasteiger charge is 2.06. The molecule has 5 nitrogen and oxygen atoms in total. The van der Waals surface area contributed by atoms with Gasteiger partial charge in [0.05, 0.1) is 11.1 Å². The highest BCUT2D eigenvalue weighted by Crippen LogP contribution is 2.20. The largest absolute Gasteiger partial charge is 0.369 e. The van der Waals surface area contributed by atoms with E-state index in [1.807, 2.05) is 31.2 Å². The van der Waals surface area contributed by atoms with Crippen molar-refractivity contribution >= 4 is 34.1 Å². The predicted molar refractivity (Wildman–Crippen MR) is 94.0 cm³/mol. The van der Waals surface area contributed by atoms with E-state index in [1.54, 1.807) is 7.05 Å². The molecule has 1 aromatic heterocycles. The third-order valence-corrected chi connectivity index (χ3v) is 3.60. The molecule has 0 aliphatic rings. The number of aromatic nitrogens is 1. The molecule has 0 aliphatic carbocycles. The molecule has 1 aromatic carbocycles. The summed E-state index contributed by atoms with van der Waals surface area (Å²) in [4.78, 5) is 4.54. The summed E-state index contributed by atoms with van der Waals surface area (Å²) in [6, 6.07) is 10.1. The molecule has 0 amide bonds. The van der Waals surface area contributed by atoms with Gasteiger partial charge >= 0.3 is 0 Å². The number of pyridine rings is 1. The molecule has 0 fully saturated rings. The van der Waals surface area contributed by atoms with Gasteiger partial charge < -0.3 is 16.0 Å². The summed E-state index contributed by atoms with van der Waals surface area (Å²) in [5, 5.41) is 20.1. The zero-order valence-corrected chi connectivity index (χ0v) is 13.5. The van der Waals surface area contributed by atoms with E-state index in [1.165, 1.54) is 0 Å². The first-order valence-corrected chi connectivity index (χ1v) is 7.56. The number of thiocarbonyl (C=S) groups is 1. The second-order valence-electron chi connectivity index (χ2n) is 4.98. The Balaban J connectivity index is 2.03. The Morgan fingerprint density at radius 3 is 2.86 bits per heavy atom. The van der Waals surface area contributed by atoms with Gasteiger partial charge in [-0.05, 0) is 43.8 Å². The minimum Gasteiger partial charge on any atom is -0.369 e. The van der Waals surface area contributed by atoms with Crippen LogP contribution in [0.3, 0.4) is 0 Å². The number of hydrogen-bond donors (Lipinski definition) is 3. The molecule has 0 atom stereocenters. The molecular formula is C16H19N5S. The van der Waals surface area contributed by atoms with Crippen molar-refractivity contribution in [3.63, 3.8) is 0 Å². The van der Waals surface area contributed by atoms with E-state index in [0.29, 0.717) is 16.5 Å². The van der Waals surface area contributed by atoms with Gasteiger partial charge in [0.15, 0.2) is 5.11 Å². The van der Waals surface area contributed by atoms with E-state index in [-0.39, 0.29) is 0 Å². The maximum atomic E-state index is 9.29. The molecule has 1 heterocycles. The Morgan fingerprint density at radius 1 is 1.32 bits per heavy atom. The maximum Gasteiger partial charge on any atom is 0.166 e. The van der Waals surface area contributed by atoms with Crippen molar-refractivity contribution in [3.8, 4) is 6.07 Å². The van der Waals surface area contributed by atoms with E-state index >= 15 is 0 Å². The third kappa shape index (κ3) is 4.06. The lowest BCUT2D eigenvalue weighted by atomic mass is 10.1. The lowest BCUT2D eigenvalue weighted by Gasteiger charge is -2.10. The summed E-state index contributed by atoms with van der Waals surface area (Å²) < 4.78 is 0. The summed E-state index contributed by atoms with van der Waals surface area (Å²) in [5.74, 6) is 0.634. The molecule has 114 valence electrons. The summed E-state index contributed by atoms with van der Waals surface area (Å²) in [6.07, 6.45) is 0.875. The van der Waals surface area contributed by atoms with E-state index < -0.39 is 0 Å². The van der Waals surface area contributed by atoms with Crippen LogP contribution in [0.5, 0.6) is 0 Å². The molecule has 0 radical (unpaired) electrons. The van der Waals surface area contributed by atoms with Gasteiger partial charge in [-0.25, -0.2) is 4.98 Å². The number of anilines is 1. The first kappa shape index (κ1) is 16.0. The predicted octanol–water partition coefficient (Wildman–Crippen LogP) is 2.31. The highest BCUT2D eigenvalue weighted by molar-refractivity contribution is 7.80. The van der Waals surface area contributed by atoms with Crippen LogP contribution in [-0.4, -0.2) is 30.2 Å². The van der Waals surface area contributed by atoms with Crippen LogP contribution < -0.4 is 16.0 Å². The van der Waals surface area contributed by atoms with Crippen LogP contribution in [0.25, 0.3) is 10.9 Å². The van der Waals surface area contributed by atoms with Crippen molar-refractivity contribution in [2.45, 2.75) is 13.3 Å². The quantitative estimate of drug-likeness (QED) is 0.581.